The fourth-order valence-electron chi connectivity index (χ4n) is 2.92. The Morgan fingerprint density at radius 1 is 0.871 bits per heavy atom. The number of amides is 1. The summed E-state index contributed by atoms with van der Waals surface area (Å²) in [6.45, 7) is 1.94. The molecule has 0 bridgehead atoms. The van der Waals surface area contributed by atoms with Gasteiger partial charge < -0.3 is 19.7 Å². The first-order valence-electron chi connectivity index (χ1n) is 10.1. The summed E-state index contributed by atoms with van der Waals surface area (Å²) in [7, 11) is 3.90. The molecular weight excluding hydrogens is 412 g/mol. The maximum atomic E-state index is 12.7. The predicted molar refractivity (Wildman–Crippen MR) is 124 cm³/mol. The van der Waals surface area contributed by atoms with Gasteiger partial charge in [-0.15, -0.1) is 0 Å². The number of benzene rings is 3. The van der Waals surface area contributed by atoms with Crippen molar-refractivity contribution < 1.29 is 14.3 Å². The second-order valence-corrected chi connectivity index (χ2v) is 7.74. The zero-order valence-corrected chi connectivity index (χ0v) is 18.6. The predicted octanol–water partition coefficient (Wildman–Crippen LogP) is 4.79. The highest BCUT2D eigenvalue weighted by atomic mass is 35.5. The first-order chi connectivity index (χ1) is 15.0. The zero-order valence-electron chi connectivity index (χ0n) is 17.8. The van der Waals surface area contributed by atoms with Crippen LogP contribution in [0.2, 0.25) is 5.02 Å². The van der Waals surface area contributed by atoms with Crippen LogP contribution >= 0.6 is 11.6 Å². The zero-order chi connectivity index (χ0) is 22.1. The summed E-state index contributed by atoms with van der Waals surface area (Å²) in [4.78, 5) is 14.7. The number of hydrogen-bond acceptors (Lipinski definition) is 4. The van der Waals surface area contributed by atoms with Gasteiger partial charge in [-0.05, 0) is 37.4 Å². The maximum Gasteiger partial charge on any atom is 0.252 e. The van der Waals surface area contributed by atoms with Gasteiger partial charge in [0.2, 0.25) is 0 Å². The summed E-state index contributed by atoms with van der Waals surface area (Å²) in [5, 5.41) is 3.13. The lowest BCUT2D eigenvalue weighted by atomic mass is 10.1. The standard InChI is InChI=1S/C25H27ClN2O3/c1-28(2)16-15-27-25(29)21-13-14-22(30-17-19-9-5-3-6-10-19)24(23(21)26)31-18-20-11-7-4-8-12-20/h3-14H,15-18H2,1-2H3,(H,27,29). The number of ether oxygens (including phenoxy) is 2. The molecule has 5 nitrogen and oxygen atoms in total. The molecule has 0 saturated carbocycles. The van der Waals surface area contributed by atoms with E-state index in [1.807, 2.05) is 79.7 Å². The van der Waals surface area contributed by atoms with E-state index in [0.717, 1.165) is 17.7 Å². The number of halogens is 1. The van der Waals surface area contributed by atoms with E-state index >= 15 is 0 Å². The molecule has 3 aromatic carbocycles. The Bertz CT molecular complexity index is 979. The van der Waals surface area contributed by atoms with Crippen molar-refractivity contribution in [2.75, 3.05) is 27.2 Å². The Kier molecular flexibility index (Phi) is 8.33. The summed E-state index contributed by atoms with van der Waals surface area (Å²) < 4.78 is 12.0. The number of carbonyl (C=O) groups excluding carboxylic acids is 1. The van der Waals surface area contributed by atoms with Crippen molar-refractivity contribution in [2.45, 2.75) is 13.2 Å². The first-order valence-corrected chi connectivity index (χ1v) is 10.5. The van der Waals surface area contributed by atoms with Crippen molar-refractivity contribution in [3.63, 3.8) is 0 Å². The van der Waals surface area contributed by atoms with Gasteiger partial charge in [0.05, 0.1) is 10.6 Å². The van der Waals surface area contributed by atoms with Crippen LogP contribution in [-0.2, 0) is 13.2 Å². The van der Waals surface area contributed by atoms with Crippen LogP contribution in [0.3, 0.4) is 0 Å². The third kappa shape index (κ3) is 6.74. The molecule has 0 spiro atoms. The monoisotopic (exact) mass is 438 g/mol. The smallest absolute Gasteiger partial charge is 0.252 e. The lowest BCUT2D eigenvalue weighted by molar-refractivity contribution is 0.0950. The van der Waals surface area contributed by atoms with Gasteiger partial charge in [-0.2, -0.15) is 0 Å². The molecule has 0 aliphatic heterocycles. The number of carbonyl (C=O) groups is 1. The number of nitrogens with zero attached hydrogens (tertiary/aromatic N) is 1. The Hall–Kier alpha value is -3.02. The highest BCUT2D eigenvalue weighted by Crippen LogP contribution is 2.38. The second kappa shape index (κ2) is 11.4. The molecule has 0 saturated heterocycles. The van der Waals surface area contributed by atoms with Crippen molar-refractivity contribution in [3.8, 4) is 11.5 Å². The minimum atomic E-state index is -0.244. The first kappa shape index (κ1) is 22.7. The lowest BCUT2D eigenvalue weighted by Crippen LogP contribution is -2.31. The van der Waals surface area contributed by atoms with E-state index in [1.165, 1.54) is 0 Å². The topological polar surface area (TPSA) is 50.8 Å². The van der Waals surface area contributed by atoms with E-state index in [1.54, 1.807) is 12.1 Å². The number of rotatable bonds is 10. The molecule has 3 rings (SSSR count). The number of hydrogen-bond donors (Lipinski definition) is 1. The van der Waals surface area contributed by atoms with Gasteiger partial charge in [-0.25, -0.2) is 0 Å². The third-order valence-corrected chi connectivity index (χ3v) is 4.99. The van der Waals surface area contributed by atoms with E-state index in [0.29, 0.717) is 36.8 Å². The molecule has 0 radical (unpaired) electrons. The molecule has 0 fully saturated rings. The third-order valence-electron chi connectivity index (χ3n) is 4.61. The number of likely N-dealkylation sites (N-methyl/N-ethyl adjacent to an activating group) is 1. The van der Waals surface area contributed by atoms with E-state index in [-0.39, 0.29) is 10.9 Å². The van der Waals surface area contributed by atoms with Crippen molar-refractivity contribution >= 4 is 17.5 Å². The minimum absolute atomic E-state index is 0.240. The van der Waals surface area contributed by atoms with Crippen LogP contribution in [0.4, 0.5) is 0 Å². The molecule has 0 heterocycles. The van der Waals surface area contributed by atoms with Gasteiger partial charge in [-0.3, -0.25) is 4.79 Å². The Balaban J connectivity index is 1.81. The average Bonchev–Trinajstić information content (AvgIpc) is 2.78. The van der Waals surface area contributed by atoms with Gasteiger partial charge in [0.15, 0.2) is 11.5 Å². The molecule has 0 aliphatic carbocycles. The Morgan fingerprint density at radius 2 is 1.45 bits per heavy atom. The van der Waals surface area contributed by atoms with Crippen LogP contribution in [0.25, 0.3) is 0 Å². The van der Waals surface area contributed by atoms with Crippen molar-refractivity contribution in [2.24, 2.45) is 0 Å². The van der Waals surface area contributed by atoms with Gasteiger partial charge in [0, 0.05) is 13.1 Å². The summed E-state index contributed by atoms with van der Waals surface area (Å²) in [5.41, 5.74) is 2.38. The fraction of sp³-hybridized carbons (Fsp3) is 0.240. The lowest BCUT2D eigenvalue weighted by Gasteiger charge is -2.17. The van der Waals surface area contributed by atoms with E-state index in [4.69, 9.17) is 21.1 Å². The second-order valence-electron chi connectivity index (χ2n) is 7.36. The normalized spacial score (nSPS) is 10.7. The van der Waals surface area contributed by atoms with Crippen molar-refractivity contribution in [1.29, 1.82) is 0 Å². The number of nitrogens with one attached hydrogen (secondary N) is 1. The molecule has 1 amide bonds. The molecule has 3 aromatic rings. The molecular formula is C25H27ClN2O3. The molecule has 0 atom stereocenters. The van der Waals surface area contributed by atoms with Gasteiger partial charge >= 0.3 is 0 Å². The Morgan fingerprint density at radius 3 is 2.03 bits per heavy atom. The van der Waals surface area contributed by atoms with Crippen LogP contribution in [0.15, 0.2) is 72.8 Å². The summed E-state index contributed by atoms with van der Waals surface area (Å²) >= 11 is 6.62. The van der Waals surface area contributed by atoms with Crippen molar-refractivity contribution in [3.05, 3.63) is 94.5 Å². The molecule has 31 heavy (non-hydrogen) atoms. The molecule has 162 valence electrons. The fourth-order valence-corrected chi connectivity index (χ4v) is 3.21. The van der Waals surface area contributed by atoms with Gasteiger partial charge in [-0.1, -0.05) is 72.3 Å². The summed E-state index contributed by atoms with van der Waals surface area (Å²) in [5.74, 6) is 0.613. The maximum absolute atomic E-state index is 12.7. The highest BCUT2D eigenvalue weighted by Gasteiger charge is 2.19. The van der Waals surface area contributed by atoms with Crippen LogP contribution in [0.5, 0.6) is 11.5 Å². The molecule has 0 aromatic heterocycles. The minimum Gasteiger partial charge on any atom is -0.485 e. The average molecular weight is 439 g/mol. The SMILES string of the molecule is CN(C)CCNC(=O)c1ccc(OCc2ccccc2)c(OCc2ccccc2)c1Cl. The molecule has 6 heteroatoms. The van der Waals surface area contributed by atoms with E-state index in [9.17, 15) is 4.79 Å². The molecule has 0 unspecified atom stereocenters. The van der Waals surface area contributed by atoms with Crippen LogP contribution in [-0.4, -0.2) is 38.0 Å². The van der Waals surface area contributed by atoms with Crippen molar-refractivity contribution in [1.82, 2.24) is 10.2 Å². The quantitative estimate of drug-likeness (QED) is 0.494. The van der Waals surface area contributed by atoms with E-state index in [2.05, 4.69) is 5.32 Å². The largest absolute Gasteiger partial charge is 0.485 e. The van der Waals surface area contributed by atoms with Gasteiger partial charge in [0.25, 0.3) is 5.91 Å². The van der Waals surface area contributed by atoms with Gasteiger partial charge in [0.1, 0.15) is 13.2 Å². The van der Waals surface area contributed by atoms with E-state index < -0.39 is 0 Å². The van der Waals surface area contributed by atoms with Crippen LogP contribution in [0.1, 0.15) is 21.5 Å². The summed E-state index contributed by atoms with van der Waals surface area (Å²) in [6.07, 6.45) is 0. The Labute approximate surface area is 188 Å². The summed E-state index contributed by atoms with van der Waals surface area (Å²) in [6, 6.07) is 23.0. The molecule has 1 N–H and O–H groups in total. The van der Waals surface area contributed by atoms with Crippen LogP contribution < -0.4 is 14.8 Å². The molecule has 0 aliphatic rings. The van der Waals surface area contributed by atoms with Crippen LogP contribution in [0, 0.1) is 0 Å². The highest BCUT2D eigenvalue weighted by molar-refractivity contribution is 6.35.